The monoisotopic (exact) mass is 332 g/mol. The highest BCUT2D eigenvalue weighted by Crippen LogP contribution is 2.65. The van der Waals surface area contributed by atoms with Crippen LogP contribution in [0, 0.1) is 34.5 Å². The van der Waals surface area contributed by atoms with Gasteiger partial charge in [-0.3, -0.25) is 9.59 Å². The van der Waals surface area contributed by atoms with Crippen LogP contribution < -0.4 is 0 Å². The average Bonchev–Trinajstić information content (AvgIpc) is 2.49. The molecule has 0 N–H and O–H groups in total. The van der Waals surface area contributed by atoms with Gasteiger partial charge in [0, 0.05) is 23.7 Å². The molecule has 0 amide bonds. The zero-order valence-electron chi connectivity index (χ0n) is 15.9. The molecule has 1 heterocycles. The SMILES string of the molecule is C=C1O[C@@H](CC)C[C@]2(C)[C@H]3C(=O)[C@H](C)C[C@@H](C(C)=O)[C@]3(C)CC[C@@H]12. The van der Waals surface area contributed by atoms with E-state index in [0.717, 1.165) is 37.9 Å². The van der Waals surface area contributed by atoms with Gasteiger partial charge in [0.1, 0.15) is 11.6 Å². The topological polar surface area (TPSA) is 43.4 Å². The summed E-state index contributed by atoms with van der Waals surface area (Å²) in [7, 11) is 0. The Labute approximate surface area is 146 Å². The van der Waals surface area contributed by atoms with E-state index in [4.69, 9.17) is 4.74 Å². The lowest BCUT2D eigenvalue weighted by atomic mass is 9.42. The Bertz CT molecular complexity index is 580. The molecule has 3 fully saturated rings. The first kappa shape index (κ1) is 17.7. The molecule has 0 spiro atoms. The smallest absolute Gasteiger partial charge is 0.139 e. The maximum absolute atomic E-state index is 13.3. The van der Waals surface area contributed by atoms with Crippen molar-refractivity contribution >= 4 is 11.6 Å². The molecule has 1 saturated heterocycles. The van der Waals surface area contributed by atoms with E-state index in [9.17, 15) is 9.59 Å². The van der Waals surface area contributed by atoms with Crippen LogP contribution in [-0.2, 0) is 14.3 Å². The molecule has 3 heteroatoms. The van der Waals surface area contributed by atoms with Crippen molar-refractivity contribution in [2.75, 3.05) is 0 Å². The summed E-state index contributed by atoms with van der Waals surface area (Å²) in [5.41, 5.74) is -0.348. The van der Waals surface area contributed by atoms with Crippen LogP contribution in [0.3, 0.4) is 0 Å². The maximum atomic E-state index is 13.3. The molecule has 7 atom stereocenters. The molecule has 3 aliphatic rings. The minimum atomic E-state index is -0.212. The van der Waals surface area contributed by atoms with Crippen LogP contribution in [0.25, 0.3) is 0 Å². The molecule has 3 rings (SSSR count). The van der Waals surface area contributed by atoms with Crippen molar-refractivity contribution in [3.05, 3.63) is 12.3 Å². The van der Waals surface area contributed by atoms with Gasteiger partial charge in [-0.15, -0.1) is 0 Å². The highest BCUT2D eigenvalue weighted by Gasteiger charge is 2.64. The first-order chi connectivity index (χ1) is 11.1. The van der Waals surface area contributed by atoms with Gasteiger partial charge in [0.15, 0.2) is 0 Å². The Morgan fingerprint density at radius 3 is 2.58 bits per heavy atom. The summed E-state index contributed by atoms with van der Waals surface area (Å²) in [5.74, 6) is 1.64. The van der Waals surface area contributed by atoms with E-state index in [2.05, 4.69) is 27.4 Å². The second-order valence-electron chi connectivity index (χ2n) is 9.06. The van der Waals surface area contributed by atoms with Gasteiger partial charge in [0.25, 0.3) is 0 Å². The van der Waals surface area contributed by atoms with Crippen molar-refractivity contribution in [1.29, 1.82) is 0 Å². The van der Waals surface area contributed by atoms with E-state index in [1.165, 1.54) is 0 Å². The van der Waals surface area contributed by atoms with Crippen molar-refractivity contribution in [1.82, 2.24) is 0 Å². The molecule has 3 nitrogen and oxygen atoms in total. The Hall–Kier alpha value is -1.12. The minimum Gasteiger partial charge on any atom is -0.495 e. The number of ether oxygens (including phenoxy) is 1. The minimum absolute atomic E-state index is 0.00385. The van der Waals surface area contributed by atoms with E-state index < -0.39 is 0 Å². The van der Waals surface area contributed by atoms with Crippen LogP contribution in [0.15, 0.2) is 12.3 Å². The van der Waals surface area contributed by atoms with Gasteiger partial charge in [0.2, 0.25) is 0 Å². The average molecular weight is 332 g/mol. The highest BCUT2D eigenvalue weighted by molar-refractivity contribution is 5.90. The number of carbonyl (C=O) groups excluding carboxylic acids is 2. The molecule has 0 aromatic carbocycles. The zero-order chi connectivity index (χ0) is 17.9. The van der Waals surface area contributed by atoms with E-state index in [1.54, 1.807) is 6.92 Å². The fourth-order valence-corrected chi connectivity index (χ4v) is 6.41. The largest absolute Gasteiger partial charge is 0.495 e. The maximum Gasteiger partial charge on any atom is 0.139 e. The lowest BCUT2D eigenvalue weighted by Gasteiger charge is -2.62. The highest BCUT2D eigenvalue weighted by atomic mass is 16.5. The lowest BCUT2D eigenvalue weighted by Crippen LogP contribution is -2.62. The molecule has 0 aromatic heterocycles. The molecule has 134 valence electrons. The Morgan fingerprint density at radius 1 is 1.33 bits per heavy atom. The number of ketones is 2. The first-order valence-electron chi connectivity index (χ1n) is 9.54. The summed E-state index contributed by atoms with van der Waals surface area (Å²) in [5, 5.41) is 0. The zero-order valence-corrected chi connectivity index (χ0v) is 15.9. The molecule has 2 saturated carbocycles. The van der Waals surface area contributed by atoms with Crippen LogP contribution in [0.5, 0.6) is 0 Å². The molecule has 0 radical (unpaired) electrons. The Kier molecular flexibility index (Phi) is 4.21. The molecular weight excluding hydrogens is 300 g/mol. The van der Waals surface area contributed by atoms with E-state index in [0.29, 0.717) is 5.78 Å². The van der Waals surface area contributed by atoms with Crippen molar-refractivity contribution in [3.63, 3.8) is 0 Å². The summed E-state index contributed by atoms with van der Waals surface area (Å²) in [6.07, 6.45) is 4.59. The summed E-state index contributed by atoms with van der Waals surface area (Å²) in [6, 6.07) is 0. The quantitative estimate of drug-likeness (QED) is 0.745. The van der Waals surface area contributed by atoms with E-state index in [1.807, 2.05) is 6.92 Å². The Morgan fingerprint density at radius 2 is 2.00 bits per heavy atom. The third-order valence-corrected chi connectivity index (χ3v) is 7.56. The predicted molar refractivity (Wildman–Crippen MR) is 94.3 cm³/mol. The predicted octanol–water partition coefficient (Wildman–Crippen LogP) is 4.55. The standard InChI is InChI=1S/C21H32O3/c1-7-15-11-21(6)16(14(4)24-15)8-9-20(5)17(13(3)22)10-12(2)18(23)19(20)21/h12,15-17,19H,4,7-11H2,1-3,5-6H3/t12-,15+,16+,17+,19+,20+,21+/m1/s1. The van der Waals surface area contributed by atoms with Crippen molar-refractivity contribution in [2.24, 2.45) is 34.5 Å². The first-order valence-corrected chi connectivity index (χ1v) is 9.54. The van der Waals surface area contributed by atoms with Gasteiger partial charge >= 0.3 is 0 Å². The fourth-order valence-electron chi connectivity index (χ4n) is 6.41. The number of hydrogen-bond donors (Lipinski definition) is 0. The molecular formula is C21H32O3. The third-order valence-electron chi connectivity index (χ3n) is 7.56. The van der Waals surface area contributed by atoms with Gasteiger partial charge in [-0.1, -0.05) is 34.3 Å². The summed E-state index contributed by atoms with van der Waals surface area (Å²) in [4.78, 5) is 25.7. The second-order valence-corrected chi connectivity index (χ2v) is 9.06. The summed E-state index contributed by atoms with van der Waals surface area (Å²) in [6.45, 7) is 14.5. The van der Waals surface area contributed by atoms with Crippen LogP contribution in [-0.4, -0.2) is 17.7 Å². The number of carbonyl (C=O) groups is 2. The number of Topliss-reactive ketones (excluding diaryl/α,β-unsaturated/α-hetero) is 2. The van der Waals surface area contributed by atoms with Gasteiger partial charge in [0.05, 0.1) is 11.9 Å². The van der Waals surface area contributed by atoms with Crippen LogP contribution >= 0.6 is 0 Å². The molecule has 1 aliphatic heterocycles. The van der Waals surface area contributed by atoms with E-state index >= 15 is 0 Å². The lowest BCUT2D eigenvalue weighted by molar-refractivity contribution is -0.180. The molecule has 0 unspecified atom stereocenters. The molecule has 24 heavy (non-hydrogen) atoms. The molecule has 2 aliphatic carbocycles. The number of fused-ring (bicyclic) bond motifs is 3. The van der Waals surface area contributed by atoms with Crippen molar-refractivity contribution < 1.29 is 14.3 Å². The van der Waals surface area contributed by atoms with Crippen molar-refractivity contribution in [2.45, 2.75) is 72.8 Å². The molecule has 0 bridgehead atoms. The number of rotatable bonds is 2. The third kappa shape index (κ3) is 2.30. The number of hydrogen-bond acceptors (Lipinski definition) is 3. The summed E-state index contributed by atoms with van der Waals surface area (Å²) >= 11 is 0. The fraction of sp³-hybridized carbons (Fsp3) is 0.810. The Balaban J connectivity index is 2.09. The van der Waals surface area contributed by atoms with Crippen LogP contribution in [0.1, 0.15) is 66.7 Å². The second kappa shape index (κ2) is 5.71. The van der Waals surface area contributed by atoms with E-state index in [-0.39, 0.29) is 46.4 Å². The van der Waals surface area contributed by atoms with Gasteiger partial charge in [-0.2, -0.15) is 0 Å². The van der Waals surface area contributed by atoms with Crippen LogP contribution in [0.2, 0.25) is 0 Å². The van der Waals surface area contributed by atoms with Crippen LogP contribution in [0.4, 0.5) is 0 Å². The van der Waals surface area contributed by atoms with Crippen molar-refractivity contribution in [3.8, 4) is 0 Å². The molecule has 0 aromatic rings. The van der Waals surface area contributed by atoms with Gasteiger partial charge < -0.3 is 4.74 Å². The number of allylic oxidation sites excluding steroid dienone is 1. The normalized spacial score (nSPS) is 48.3. The van der Waals surface area contributed by atoms with Gasteiger partial charge in [-0.05, 0) is 49.9 Å². The summed E-state index contributed by atoms with van der Waals surface area (Å²) < 4.78 is 6.05. The van der Waals surface area contributed by atoms with Gasteiger partial charge in [-0.25, -0.2) is 0 Å².